The Morgan fingerprint density at radius 2 is 2.31 bits per heavy atom. The smallest absolute Gasteiger partial charge is 0.119 e. The fourth-order valence-corrected chi connectivity index (χ4v) is 1.80. The number of epoxide rings is 1. The largest absolute Gasteiger partial charge is 0.508 e. The number of ether oxygens (including phenoxy) is 2. The molecule has 1 aromatic carbocycles. The van der Waals surface area contributed by atoms with Crippen LogP contribution in [0.4, 0.5) is 0 Å². The van der Waals surface area contributed by atoms with E-state index in [1.54, 1.807) is 19.2 Å². The standard InChI is InChI=1S/C13H16O3/c1-8(2)13-12(16-13)7-9-6-10(15-3)4-5-11(9)14/h4-6,12-14H,1,7H2,2-3H3. The number of aromatic hydroxyl groups is 1. The minimum absolute atomic E-state index is 0.144. The fourth-order valence-electron chi connectivity index (χ4n) is 1.80. The lowest BCUT2D eigenvalue weighted by atomic mass is 10.0. The highest BCUT2D eigenvalue weighted by Crippen LogP contribution is 2.34. The number of methoxy groups -OCH3 is 1. The molecule has 2 atom stereocenters. The molecule has 0 amide bonds. The van der Waals surface area contributed by atoms with Crippen LogP contribution in [0.25, 0.3) is 0 Å². The second-order valence-corrected chi connectivity index (χ2v) is 4.14. The van der Waals surface area contributed by atoms with Crippen molar-refractivity contribution < 1.29 is 14.6 Å². The van der Waals surface area contributed by atoms with Gasteiger partial charge in [-0.2, -0.15) is 0 Å². The number of phenolic OH excluding ortho intramolecular Hbond substituents is 1. The van der Waals surface area contributed by atoms with Gasteiger partial charge in [0, 0.05) is 12.0 Å². The summed E-state index contributed by atoms with van der Waals surface area (Å²) in [6.45, 7) is 5.81. The van der Waals surface area contributed by atoms with Gasteiger partial charge in [-0.15, -0.1) is 0 Å². The van der Waals surface area contributed by atoms with E-state index in [0.29, 0.717) is 6.42 Å². The first-order valence-electron chi connectivity index (χ1n) is 5.28. The van der Waals surface area contributed by atoms with Crippen LogP contribution in [0, 0.1) is 0 Å². The van der Waals surface area contributed by atoms with Crippen molar-refractivity contribution in [3.05, 3.63) is 35.9 Å². The molecule has 1 N–H and O–H groups in total. The molecule has 1 heterocycles. The summed E-state index contributed by atoms with van der Waals surface area (Å²) in [7, 11) is 1.61. The quantitative estimate of drug-likeness (QED) is 0.625. The first-order chi connectivity index (χ1) is 7.61. The van der Waals surface area contributed by atoms with Crippen LogP contribution in [0.15, 0.2) is 30.4 Å². The Morgan fingerprint density at radius 3 is 2.88 bits per heavy atom. The average Bonchev–Trinajstić information content (AvgIpc) is 3.01. The fraction of sp³-hybridized carbons (Fsp3) is 0.385. The average molecular weight is 220 g/mol. The molecule has 1 aromatic rings. The second kappa shape index (κ2) is 4.18. The lowest BCUT2D eigenvalue weighted by molar-refractivity contribution is 0.379. The van der Waals surface area contributed by atoms with Gasteiger partial charge in [-0.3, -0.25) is 0 Å². The SMILES string of the molecule is C=C(C)C1OC1Cc1cc(OC)ccc1O. The van der Waals surface area contributed by atoms with Gasteiger partial charge in [-0.05, 0) is 30.7 Å². The topological polar surface area (TPSA) is 42.0 Å². The molecule has 1 aliphatic heterocycles. The van der Waals surface area contributed by atoms with Gasteiger partial charge in [0.2, 0.25) is 0 Å². The van der Waals surface area contributed by atoms with Crippen LogP contribution in [-0.4, -0.2) is 24.4 Å². The normalized spacial score (nSPS) is 22.9. The van der Waals surface area contributed by atoms with E-state index in [4.69, 9.17) is 9.47 Å². The van der Waals surface area contributed by atoms with E-state index < -0.39 is 0 Å². The highest BCUT2D eigenvalue weighted by Gasteiger charge is 2.39. The zero-order chi connectivity index (χ0) is 11.7. The van der Waals surface area contributed by atoms with Crippen molar-refractivity contribution in [1.82, 2.24) is 0 Å². The predicted octanol–water partition coefficient (Wildman–Crippen LogP) is 2.29. The third-order valence-corrected chi connectivity index (χ3v) is 2.78. The lowest BCUT2D eigenvalue weighted by Crippen LogP contribution is -2.00. The Labute approximate surface area is 95.3 Å². The Bertz CT molecular complexity index is 412. The third-order valence-electron chi connectivity index (χ3n) is 2.78. The van der Waals surface area contributed by atoms with E-state index in [1.807, 2.05) is 13.0 Å². The Balaban J connectivity index is 2.07. The maximum Gasteiger partial charge on any atom is 0.119 e. The third kappa shape index (κ3) is 2.19. The van der Waals surface area contributed by atoms with Gasteiger partial charge in [0.1, 0.15) is 17.6 Å². The van der Waals surface area contributed by atoms with Crippen LogP contribution in [0.5, 0.6) is 11.5 Å². The van der Waals surface area contributed by atoms with Crippen LogP contribution in [0.3, 0.4) is 0 Å². The van der Waals surface area contributed by atoms with Crippen molar-refractivity contribution in [2.45, 2.75) is 25.6 Å². The molecule has 3 nitrogen and oxygen atoms in total. The van der Waals surface area contributed by atoms with Crippen LogP contribution >= 0.6 is 0 Å². The molecular formula is C13H16O3. The zero-order valence-corrected chi connectivity index (χ0v) is 9.56. The first kappa shape index (κ1) is 11.0. The zero-order valence-electron chi connectivity index (χ0n) is 9.56. The Morgan fingerprint density at radius 1 is 1.56 bits per heavy atom. The van der Waals surface area contributed by atoms with E-state index in [1.165, 1.54) is 0 Å². The van der Waals surface area contributed by atoms with E-state index in [-0.39, 0.29) is 18.0 Å². The van der Waals surface area contributed by atoms with E-state index in [0.717, 1.165) is 16.9 Å². The molecule has 2 rings (SSSR count). The first-order valence-corrected chi connectivity index (χ1v) is 5.28. The Hall–Kier alpha value is -1.48. The monoisotopic (exact) mass is 220 g/mol. The summed E-state index contributed by atoms with van der Waals surface area (Å²) in [6, 6.07) is 5.22. The van der Waals surface area contributed by atoms with Crippen molar-refractivity contribution in [2.75, 3.05) is 7.11 Å². The van der Waals surface area contributed by atoms with Gasteiger partial charge < -0.3 is 14.6 Å². The lowest BCUT2D eigenvalue weighted by Gasteiger charge is -2.05. The summed E-state index contributed by atoms with van der Waals surface area (Å²) < 4.78 is 10.6. The molecule has 0 aromatic heterocycles. The number of phenols is 1. The molecular weight excluding hydrogens is 204 g/mol. The molecule has 0 aliphatic carbocycles. The number of benzene rings is 1. The maximum absolute atomic E-state index is 9.70. The molecule has 1 aliphatic rings. The van der Waals surface area contributed by atoms with Gasteiger partial charge in [0.15, 0.2) is 0 Å². The predicted molar refractivity (Wildman–Crippen MR) is 61.8 cm³/mol. The molecule has 1 saturated heterocycles. The summed E-state index contributed by atoms with van der Waals surface area (Å²) >= 11 is 0. The van der Waals surface area contributed by atoms with E-state index >= 15 is 0 Å². The molecule has 86 valence electrons. The summed E-state index contributed by atoms with van der Waals surface area (Å²) in [6.07, 6.45) is 0.988. The minimum atomic E-state index is 0.144. The maximum atomic E-state index is 9.70. The van der Waals surface area contributed by atoms with E-state index in [9.17, 15) is 5.11 Å². The van der Waals surface area contributed by atoms with Crippen molar-refractivity contribution >= 4 is 0 Å². The molecule has 0 radical (unpaired) electrons. The van der Waals surface area contributed by atoms with E-state index in [2.05, 4.69) is 6.58 Å². The van der Waals surface area contributed by atoms with Crippen molar-refractivity contribution in [1.29, 1.82) is 0 Å². The highest BCUT2D eigenvalue weighted by molar-refractivity contribution is 5.40. The van der Waals surface area contributed by atoms with Gasteiger partial charge in [-0.25, -0.2) is 0 Å². The number of hydrogen-bond acceptors (Lipinski definition) is 3. The molecule has 2 unspecified atom stereocenters. The molecule has 0 saturated carbocycles. The summed E-state index contributed by atoms with van der Waals surface area (Å²) in [5.74, 6) is 1.04. The molecule has 0 spiro atoms. The molecule has 0 bridgehead atoms. The van der Waals surface area contributed by atoms with Gasteiger partial charge in [0.05, 0.1) is 13.2 Å². The van der Waals surface area contributed by atoms with Crippen LogP contribution in [0.1, 0.15) is 12.5 Å². The summed E-state index contributed by atoms with van der Waals surface area (Å²) in [4.78, 5) is 0. The van der Waals surface area contributed by atoms with Gasteiger partial charge in [0.25, 0.3) is 0 Å². The summed E-state index contributed by atoms with van der Waals surface area (Å²) in [5.41, 5.74) is 1.89. The highest BCUT2D eigenvalue weighted by atomic mass is 16.6. The van der Waals surface area contributed by atoms with Crippen LogP contribution in [0.2, 0.25) is 0 Å². The molecule has 1 fully saturated rings. The van der Waals surface area contributed by atoms with Crippen molar-refractivity contribution in [3.63, 3.8) is 0 Å². The summed E-state index contributed by atoms with van der Waals surface area (Å²) in [5, 5.41) is 9.70. The Kier molecular flexibility index (Phi) is 2.88. The molecule has 16 heavy (non-hydrogen) atoms. The number of hydrogen-bond donors (Lipinski definition) is 1. The molecule has 3 heteroatoms. The van der Waals surface area contributed by atoms with Crippen LogP contribution < -0.4 is 4.74 Å². The van der Waals surface area contributed by atoms with Gasteiger partial charge in [-0.1, -0.05) is 6.58 Å². The minimum Gasteiger partial charge on any atom is -0.508 e. The second-order valence-electron chi connectivity index (χ2n) is 4.14. The van der Waals surface area contributed by atoms with Crippen molar-refractivity contribution in [2.24, 2.45) is 0 Å². The van der Waals surface area contributed by atoms with Gasteiger partial charge >= 0.3 is 0 Å². The number of rotatable bonds is 4. The van der Waals surface area contributed by atoms with Crippen LogP contribution in [-0.2, 0) is 11.2 Å². The van der Waals surface area contributed by atoms with Crippen molar-refractivity contribution in [3.8, 4) is 11.5 Å².